The number of benzene rings is 3. The van der Waals surface area contributed by atoms with E-state index in [9.17, 15) is 14.7 Å². The molecular weight excluding hydrogens is 406 g/mol. The minimum absolute atomic E-state index is 0.344. The van der Waals surface area contributed by atoms with E-state index >= 15 is 0 Å². The van der Waals surface area contributed by atoms with Crippen LogP contribution in [0.5, 0.6) is 11.5 Å². The molecule has 1 aliphatic rings. The van der Waals surface area contributed by atoms with Crippen LogP contribution >= 0.6 is 0 Å². The fourth-order valence-corrected chi connectivity index (χ4v) is 4.41. The molecule has 0 spiro atoms. The van der Waals surface area contributed by atoms with E-state index in [4.69, 9.17) is 9.47 Å². The lowest BCUT2D eigenvalue weighted by Gasteiger charge is -2.30. The number of para-hydroxylation sites is 1. The Morgan fingerprint density at radius 3 is 2.25 bits per heavy atom. The molecule has 4 rings (SSSR count). The Morgan fingerprint density at radius 1 is 0.875 bits per heavy atom. The van der Waals surface area contributed by atoms with E-state index in [0.717, 1.165) is 16.7 Å². The van der Waals surface area contributed by atoms with Gasteiger partial charge in [-0.05, 0) is 42.7 Å². The van der Waals surface area contributed by atoms with Gasteiger partial charge in [0.2, 0.25) is 0 Å². The minimum atomic E-state index is -1.01. The molecule has 0 bridgehead atoms. The number of carboxylic acids is 1. The van der Waals surface area contributed by atoms with Crippen molar-refractivity contribution in [2.24, 2.45) is 0 Å². The second-order valence-corrected chi connectivity index (χ2v) is 7.68. The second kappa shape index (κ2) is 9.14. The Kier molecular flexibility index (Phi) is 6.12. The Bertz CT molecular complexity index is 1130. The second-order valence-electron chi connectivity index (χ2n) is 7.68. The first-order valence-electron chi connectivity index (χ1n) is 10.5. The van der Waals surface area contributed by atoms with Crippen molar-refractivity contribution in [3.8, 4) is 22.6 Å². The first-order valence-corrected chi connectivity index (χ1v) is 10.5. The molecule has 1 amide bonds. The summed E-state index contributed by atoms with van der Waals surface area (Å²) >= 11 is 0. The number of carbonyl (C=O) groups excluding carboxylic acids is 1. The van der Waals surface area contributed by atoms with Crippen LogP contribution in [0.25, 0.3) is 11.1 Å². The van der Waals surface area contributed by atoms with Crippen molar-refractivity contribution in [1.82, 2.24) is 4.90 Å². The third-order valence-electron chi connectivity index (χ3n) is 5.94. The van der Waals surface area contributed by atoms with Crippen LogP contribution in [-0.4, -0.2) is 42.1 Å². The number of ether oxygens (including phenoxy) is 2. The van der Waals surface area contributed by atoms with Gasteiger partial charge in [0.1, 0.15) is 17.5 Å². The van der Waals surface area contributed by atoms with Gasteiger partial charge in [-0.15, -0.1) is 0 Å². The standard InChI is InChI=1S/C26H25NO5/c1-31-23-11-7-6-10-20(23)21-14-15-22(26(29)30)27(21)25(28)18-12-13-19(24(16-18)32-2)17-8-4-3-5-9-17/h3-13,16,21-22H,14-15H2,1-2H3,(H,29,30). The summed E-state index contributed by atoms with van der Waals surface area (Å²) in [5.74, 6) is -0.160. The molecule has 1 heterocycles. The van der Waals surface area contributed by atoms with Crippen LogP contribution in [0.2, 0.25) is 0 Å². The van der Waals surface area contributed by atoms with E-state index in [1.165, 1.54) is 4.90 Å². The Morgan fingerprint density at radius 2 is 1.56 bits per heavy atom. The monoisotopic (exact) mass is 431 g/mol. The molecule has 1 aliphatic heterocycles. The number of aliphatic carboxylic acids is 1. The molecule has 3 aromatic rings. The number of carboxylic acid groups (broad SMARTS) is 1. The van der Waals surface area contributed by atoms with Gasteiger partial charge in [-0.2, -0.15) is 0 Å². The van der Waals surface area contributed by atoms with E-state index in [2.05, 4.69) is 0 Å². The average Bonchev–Trinajstić information content (AvgIpc) is 3.29. The van der Waals surface area contributed by atoms with Gasteiger partial charge in [0.25, 0.3) is 5.91 Å². The summed E-state index contributed by atoms with van der Waals surface area (Å²) in [5, 5.41) is 9.81. The van der Waals surface area contributed by atoms with Crippen molar-refractivity contribution in [3.63, 3.8) is 0 Å². The molecule has 2 unspecified atom stereocenters. The molecule has 164 valence electrons. The SMILES string of the molecule is COc1cc(C(=O)N2C(C(=O)O)CCC2c2ccccc2OC)ccc1-c1ccccc1. The number of carbonyl (C=O) groups is 2. The van der Waals surface area contributed by atoms with E-state index in [0.29, 0.717) is 29.9 Å². The smallest absolute Gasteiger partial charge is 0.326 e. The normalized spacial score (nSPS) is 17.8. The van der Waals surface area contributed by atoms with E-state index in [1.54, 1.807) is 26.4 Å². The minimum Gasteiger partial charge on any atom is -0.496 e. The maximum absolute atomic E-state index is 13.6. The van der Waals surface area contributed by atoms with Crippen molar-refractivity contribution in [2.45, 2.75) is 24.9 Å². The zero-order valence-corrected chi connectivity index (χ0v) is 18.0. The molecule has 0 aromatic heterocycles. The van der Waals surface area contributed by atoms with Gasteiger partial charge < -0.3 is 19.5 Å². The van der Waals surface area contributed by atoms with Crippen molar-refractivity contribution in [1.29, 1.82) is 0 Å². The first kappa shape index (κ1) is 21.4. The third-order valence-corrected chi connectivity index (χ3v) is 5.94. The lowest BCUT2D eigenvalue weighted by molar-refractivity contribution is -0.141. The number of hydrogen-bond donors (Lipinski definition) is 1. The number of hydrogen-bond acceptors (Lipinski definition) is 4. The van der Waals surface area contributed by atoms with Gasteiger partial charge in [-0.1, -0.05) is 48.5 Å². The van der Waals surface area contributed by atoms with Gasteiger partial charge >= 0.3 is 5.97 Å². The predicted molar refractivity (Wildman–Crippen MR) is 121 cm³/mol. The summed E-state index contributed by atoms with van der Waals surface area (Å²) in [4.78, 5) is 27.1. The highest BCUT2D eigenvalue weighted by molar-refractivity contribution is 5.98. The molecule has 1 N–H and O–H groups in total. The number of nitrogens with zero attached hydrogens (tertiary/aromatic N) is 1. The highest BCUT2D eigenvalue weighted by Gasteiger charge is 2.43. The molecule has 1 saturated heterocycles. The fraction of sp³-hybridized carbons (Fsp3) is 0.231. The van der Waals surface area contributed by atoms with Crippen LogP contribution in [0.15, 0.2) is 72.8 Å². The van der Waals surface area contributed by atoms with E-state index in [1.807, 2.05) is 60.7 Å². The zero-order valence-electron chi connectivity index (χ0n) is 18.0. The quantitative estimate of drug-likeness (QED) is 0.607. The molecule has 0 aliphatic carbocycles. The van der Waals surface area contributed by atoms with Crippen molar-refractivity contribution >= 4 is 11.9 Å². The molecule has 0 radical (unpaired) electrons. The molecule has 6 nitrogen and oxygen atoms in total. The van der Waals surface area contributed by atoms with Crippen molar-refractivity contribution in [2.75, 3.05) is 14.2 Å². The predicted octanol–water partition coefficient (Wildman–Crippen LogP) is 4.80. The third kappa shape index (κ3) is 3.91. The topological polar surface area (TPSA) is 76.1 Å². The van der Waals surface area contributed by atoms with E-state index in [-0.39, 0.29) is 11.9 Å². The zero-order chi connectivity index (χ0) is 22.7. The lowest BCUT2D eigenvalue weighted by Crippen LogP contribution is -2.41. The Labute approximate surface area is 187 Å². The molecule has 0 saturated carbocycles. The Balaban J connectivity index is 1.74. The van der Waals surface area contributed by atoms with Crippen molar-refractivity contribution in [3.05, 3.63) is 83.9 Å². The summed E-state index contributed by atoms with van der Waals surface area (Å²) in [6.07, 6.45) is 0.922. The summed E-state index contributed by atoms with van der Waals surface area (Å²) in [5.41, 5.74) is 3.02. The van der Waals surface area contributed by atoms with E-state index < -0.39 is 12.0 Å². The molecule has 2 atom stereocenters. The van der Waals surface area contributed by atoms with Crippen LogP contribution < -0.4 is 9.47 Å². The number of rotatable bonds is 6. The summed E-state index contributed by atoms with van der Waals surface area (Å²) in [7, 11) is 3.13. The number of amides is 1. The van der Waals surface area contributed by atoms with Crippen LogP contribution in [0, 0.1) is 0 Å². The van der Waals surface area contributed by atoms with Gasteiger partial charge in [0.05, 0.1) is 20.3 Å². The highest BCUT2D eigenvalue weighted by Crippen LogP contribution is 2.41. The van der Waals surface area contributed by atoms with Crippen LogP contribution in [-0.2, 0) is 4.79 Å². The fourth-order valence-electron chi connectivity index (χ4n) is 4.41. The maximum atomic E-state index is 13.6. The maximum Gasteiger partial charge on any atom is 0.326 e. The summed E-state index contributed by atoms with van der Waals surface area (Å²) in [6, 6.07) is 21.1. The lowest BCUT2D eigenvalue weighted by atomic mass is 10.0. The number of methoxy groups -OCH3 is 2. The molecule has 32 heavy (non-hydrogen) atoms. The average molecular weight is 431 g/mol. The molecule has 3 aromatic carbocycles. The van der Waals surface area contributed by atoms with Gasteiger partial charge in [-0.3, -0.25) is 4.79 Å². The first-order chi connectivity index (χ1) is 15.5. The summed E-state index contributed by atoms with van der Waals surface area (Å²) in [6.45, 7) is 0. The largest absolute Gasteiger partial charge is 0.496 e. The van der Waals surface area contributed by atoms with Gasteiger partial charge in [-0.25, -0.2) is 4.79 Å². The number of likely N-dealkylation sites (tertiary alicyclic amines) is 1. The van der Waals surface area contributed by atoms with Crippen LogP contribution in [0.4, 0.5) is 0 Å². The Hall–Kier alpha value is -3.80. The van der Waals surface area contributed by atoms with Gasteiger partial charge in [0, 0.05) is 16.7 Å². The summed E-state index contributed by atoms with van der Waals surface area (Å²) < 4.78 is 11.1. The van der Waals surface area contributed by atoms with Crippen LogP contribution in [0.3, 0.4) is 0 Å². The highest BCUT2D eigenvalue weighted by atomic mass is 16.5. The molecule has 6 heteroatoms. The van der Waals surface area contributed by atoms with Gasteiger partial charge in [0.15, 0.2) is 0 Å². The van der Waals surface area contributed by atoms with Crippen LogP contribution in [0.1, 0.15) is 34.8 Å². The molecular formula is C26H25NO5. The van der Waals surface area contributed by atoms with Crippen molar-refractivity contribution < 1.29 is 24.2 Å². The molecule has 1 fully saturated rings.